The molecule has 0 amide bonds. The first-order valence-corrected chi connectivity index (χ1v) is 5.92. The maximum absolute atomic E-state index is 3.71. The summed E-state index contributed by atoms with van der Waals surface area (Å²) in [5.74, 6) is 3.86. The Kier molecular flexibility index (Phi) is 2.64. The average molecular weight is 181 g/mol. The molecule has 1 aliphatic heterocycles. The van der Waals surface area contributed by atoms with Gasteiger partial charge in [-0.15, -0.1) is 0 Å². The summed E-state index contributed by atoms with van der Waals surface area (Å²) in [6, 6.07) is 0.836. The average Bonchev–Trinajstić information content (AvgIpc) is 2.79. The van der Waals surface area contributed by atoms with Crippen LogP contribution in [-0.2, 0) is 0 Å². The quantitative estimate of drug-likeness (QED) is 0.706. The molecule has 3 atom stereocenters. The normalized spacial score (nSPS) is 40.2. The van der Waals surface area contributed by atoms with E-state index in [0.29, 0.717) is 0 Å². The van der Waals surface area contributed by atoms with Crippen LogP contribution in [-0.4, -0.2) is 12.6 Å². The Bertz CT molecular complexity index is 172. The summed E-state index contributed by atoms with van der Waals surface area (Å²) in [5, 5.41) is 3.71. The topological polar surface area (TPSA) is 12.0 Å². The van der Waals surface area contributed by atoms with Gasteiger partial charge in [-0.05, 0) is 49.5 Å². The van der Waals surface area contributed by atoms with Gasteiger partial charge in [0.25, 0.3) is 0 Å². The molecule has 1 N–H and O–H groups in total. The third-order valence-electron chi connectivity index (χ3n) is 3.72. The Labute approximate surface area is 82.3 Å². The van der Waals surface area contributed by atoms with Gasteiger partial charge >= 0.3 is 0 Å². The smallest absolute Gasteiger partial charge is 0.0103 e. The molecule has 0 aromatic rings. The van der Waals surface area contributed by atoms with Crippen molar-refractivity contribution in [1.82, 2.24) is 5.32 Å². The molecule has 0 aromatic carbocycles. The largest absolute Gasteiger partial charge is 0.313 e. The molecule has 1 aliphatic carbocycles. The first kappa shape index (κ1) is 9.51. The molecule has 0 aromatic heterocycles. The van der Waals surface area contributed by atoms with Crippen LogP contribution in [0.3, 0.4) is 0 Å². The molecule has 13 heavy (non-hydrogen) atoms. The van der Waals surface area contributed by atoms with Gasteiger partial charge in [0.15, 0.2) is 0 Å². The Morgan fingerprint density at radius 1 is 1.31 bits per heavy atom. The third-order valence-corrected chi connectivity index (χ3v) is 3.72. The van der Waals surface area contributed by atoms with Crippen LogP contribution in [0.2, 0.25) is 0 Å². The Balaban J connectivity index is 1.93. The summed E-state index contributed by atoms with van der Waals surface area (Å²) in [5.41, 5.74) is 0. The third kappa shape index (κ3) is 2.07. The highest BCUT2D eigenvalue weighted by atomic mass is 15.0. The lowest BCUT2D eigenvalue weighted by atomic mass is 9.84. The lowest BCUT2D eigenvalue weighted by Crippen LogP contribution is -2.29. The molecular weight excluding hydrogens is 158 g/mol. The molecule has 2 aliphatic rings. The summed E-state index contributed by atoms with van der Waals surface area (Å²) in [7, 11) is 0. The predicted molar refractivity (Wildman–Crippen MR) is 56.6 cm³/mol. The van der Waals surface area contributed by atoms with Crippen molar-refractivity contribution in [3.05, 3.63) is 0 Å². The van der Waals surface area contributed by atoms with Crippen LogP contribution < -0.4 is 5.32 Å². The van der Waals surface area contributed by atoms with E-state index in [4.69, 9.17) is 0 Å². The highest BCUT2D eigenvalue weighted by Gasteiger charge is 2.42. The SMILES string of the molecule is CC(C)CC1NCC(C)C1C1CC1. The Morgan fingerprint density at radius 2 is 2.00 bits per heavy atom. The van der Waals surface area contributed by atoms with Gasteiger partial charge in [0.1, 0.15) is 0 Å². The summed E-state index contributed by atoms with van der Waals surface area (Å²) < 4.78 is 0. The molecule has 0 spiro atoms. The highest BCUT2D eigenvalue weighted by molar-refractivity contribution is 4.96. The van der Waals surface area contributed by atoms with Crippen molar-refractivity contribution >= 4 is 0 Å². The van der Waals surface area contributed by atoms with Gasteiger partial charge in [0.05, 0.1) is 0 Å². The van der Waals surface area contributed by atoms with Gasteiger partial charge in [-0.3, -0.25) is 0 Å². The van der Waals surface area contributed by atoms with Crippen LogP contribution in [0.1, 0.15) is 40.0 Å². The fourth-order valence-corrected chi connectivity index (χ4v) is 3.03. The minimum atomic E-state index is 0.836. The maximum Gasteiger partial charge on any atom is 0.0103 e. The molecule has 1 saturated heterocycles. The Hall–Kier alpha value is -0.0400. The monoisotopic (exact) mass is 181 g/mol. The highest BCUT2D eigenvalue weighted by Crippen LogP contribution is 2.45. The van der Waals surface area contributed by atoms with Crippen molar-refractivity contribution < 1.29 is 0 Å². The number of nitrogens with one attached hydrogen (secondary N) is 1. The molecule has 76 valence electrons. The van der Waals surface area contributed by atoms with E-state index in [0.717, 1.165) is 29.7 Å². The molecule has 1 heterocycles. The fraction of sp³-hybridized carbons (Fsp3) is 1.00. The Morgan fingerprint density at radius 3 is 2.54 bits per heavy atom. The zero-order valence-corrected chi connectivity index (χ0v) is 9.22. The van der Waals surface area contributed by atoms with Crippen molar-refractivity contribution in [3.8, 4) is 0 Å². The van der Waals surface area contributed by atoms with Crippen LogP contribution in [0.4, 0.5) is 0 Å². The van der Waals surface area contributed by atoms with Gasteiger partial charge in [-0.2, -0.15) is 0 Å². The second kappa shape index (κ2) is 3.61. The minimum absolute atomic E-state index is 0.836. The van der Waals surface area contributed by atoms with E-state index < -0.39 is 0 Å². The van der Waals surface area contributed by atoms with Gasteiger partial charge in [-0.25, -0.2) is 0 Å². The van der Waals surface area contributed by atoms with Crippen LogP contribution in [0, 0.1) is 23.7 Å². The van der Waals surface area contributed by atoms with Crippen molar-refractivity contribution in [2.24, 2.45) is 23.7 Å². The first-order valence-electron chi connectivity index (χ1n) is 5.92. The van der Waals surface area contributed by atoms with E-state index in [2.05, 4.69) is 26.1 Å². The van der Waals surface area contributed by atoms with Crippen molar-refractivity contribution in [3.63, 3.8) is 0 Å². The fourth-order valence-electron chi connectivity index (χ4n) is 3.03. The standard InChI is InChI=1S/C12H23N/c1-8(2)6-11-12(10-4-5-10)9(3)7-13-11/h8-13H,4-7H2,1-3H3. The minimum Gasteiger partial charge on any atom is -0.313 e. The van der Waals surface area contributed by atoms with Gasteiger partial charge in [0.2, 0.25) is 0 Å². The molecule has 2 rings (SSSR count). The maximum atomic E-state index is 3.71. The molecular formula is C12H23N. The second-order valence-corrected chi connectivity index (χ2v) is 5.54. The molecule has 1 saturated carbocycles. The first-order chi connectivity index (χ1) is 6.18. The van der Waals surface area contributed by atoms with Gasteiger partial charge in [-0.1, -0.05) is 20.8 Å². The van der Waals surface area contributed by atoms with Crippen LogP contribution in [0.15, 0.2) is 0 Å². The summed E-state index contributed by atoms with van der Waals surface area (Å²) in [6.45, 7) is 8.37. The number of hydrogen-bond donors (Lipinski definition) is 1. The molecule has 0 bridgehead atoms. The molecule has 1 nitrogen and oxygen atoms in total. The van der Waals surface area contributed by atoms with E-state index >= 15 is 0 Å². The van der Waals surface area contributed by atoms with Gasteiger partial charge < -0.3 is 5.32 Å². The van der Waals surface area contributed by atoms with Crippen molar-refractivity contribution in [2.75, 3.05) is 6.54 Å². The second-order valence-electron chi connectivity index (χ2n) is 5.54. The lowest BCUT2D eigenvalue weighted by molar-refractivity contribution is 0.303. The van der Waals surface area contributed by atoms with E-state index in [1.54, 1.807) is 0 Å². The van der Waals surface area contributed by atoms with Gasteiger partial charge in [0, 0.05) is 6.04 Å². The van der Waals surface area contributed by atoms with Crippen molar-refractivity contribution in [1.29, 1.82) is 0 Å². The summed E-state index contributed by atoms with van der Waals surface area (Å²) >= 11 is 0. The molecule has 1 heteroatoms. The van der Waals surface area contributed by atoms with Crippen LogP contribution in [0.25, 0.3) is 0 Å². The molecule has 2 fully saturated rings. The molecule has 0 radical (unpaired) electrons. The van der Waals surface area contributed by atoms with Crippen LogP contribution >= 0.6 is 0 Å². The zero-order valence-electron chi connectivity index (χ0n) is 9.22. The van der Waals surface area contributed by atoms with E-state index in [1.807, 2.05) is 0 Å². The molecule has 3 unspecified atom stereocenters. The summed E-state index contributed by atoms with van der Waals surface area (Å²) in [4.78, 5) is 0. The zero-order chi connectivity index (χ0) is 9.42. The van der Waals surface area contributed by atoms with Crippen molar-refractivity contribution in [2.45, 2.75) is 46.1 Å². The number of rotatable bonds is 3. The lowest BCUT2D eigenvalue weighted by Gasteiger charge is -2.23. The summed E-state index contributed by atoms with van der Waals surface area (Å²) in [6.07, 6.45) is 4.39. The van der Waals surface area contributed by atoms with E-state index in [1.165, 1.54) is 25.8 Å². The predicted octanol–water partition coefficient (Wildman–Crippen LogP) is 2.67. The number of hydrogen-bond acceptors (Lipinski definition) is 1. The van der Waals surface area contributed by atoms with E-state index in [9.17, 15) is 0 Å². The van der Waals surface area contributed by atoms with E-state index in [-0.39, 0.29) is 0 Å². The van der Waals surface area contributed by atoms with Crippen LogP contribution in [0.5, 0.6) is 0 Å².